The number of fused-ring (bicyclic) bond motifs is 1. The van der Waals surface area contributed by atoms with Gasteiger partial charge in [-0.3, -0.25) is 19.3 Å². The summed E-state index contributed by atoms with van der Waals surface area (Å²) in [5, 5.41) is 2.77. The molecule has 182 valence electrons. The van der Waals surface area contributed by atoms with Crippen molar-refractivity contribution in [1.82, 2.24) is 4.90 Å². The van der Waals surface area contributed by atoms with Crippen molar-refractivity contribution in [2.75, 3.05) is 26.1 Å². The Hall–Kier alpha value is -4.01. The van der Waals surface area contributed by atoms with Gasteiger partial charge in [0.1, 0.15) is 0 Å². The van der Waals surface area contributed by atoms with Crippen LogP contribution in [-0.2, 0) is 14.3 Å². The molecule has 0 aromatic heterocycles. The summed E-state index contributed by atoms with van der Waals surface area (Å²) in [5.74, 6) is -3.06. The molecule has 4 rings (SSSR count). The zero-order chi connectivity index (χ0) is 25.1. The molecule has 0 spiro atoms. The van der Waals surface area contributed by atoms with Gasteiger partial charge in [-0.05, 0) is 49.1 Å². The van der Waals surface area contributed by atoms with Gasteiger partial charge in [-0.2, -0.15) is 0 Å². The number of nitrogens with one attached hydrogen (secondary N) is 1. The first-order valence-electron chi connectivity index (χ1n) is 11.4. The second kappa shape index (κ2) is 10.1. The van der Waals surface area contributed by atoms with Gasteiger partial charge in [-0.15, -0.1) is 0 Å². The first-order valence-corrected chi connectivity index (χ1v) is 11.4. The number of rotatable bonds is 6. The summed E-state index contributed by atoms with van der Waals surface area (Å²) in [5.41, 5.74) is 1.14. The van der Waals surface area contributed by atoms with Gasteiger partial charge in [0, 0.05) is 12.5 Å². The van der Waals surface area contributed by atoms with Crippen LogP contribution in [0.25, 0.3) is 0 Å². The molecule has 1 aliphatic carbocycles. The second-order valence-corrected chi connectivity index (χ2v) is 8.65. The molecule has 0 radical (unpaired) electrons. The number of hydrogen-bond donors (Lipinski definition) is 1. The molecule has 1 heterocycles. The van der Waals surface area contributed by atoms with Crippen molar-refractivity contribution in [2.45, 2.75) is 25.7 Å². The Balaban J connectivity index is 1.56. The Labute approximate surface area is 202 Å². The van der Waals surface area contributed by atoms with Crippen LogP contribution in [-0.4, -0.2) is 55.3 Å². The third-order valence-corrected chi connectivity index (χ3v) is 6.64. The number of anilines is 1. The van der Waals surface area contributed by atoms with Gasteiger partial charge < -0.3 is 14.8 Å². The van der Waals surface area contributed by atoms with Crippen molar-refractivity contribution in [3.63, 3.8) is 0 Å². The van der Waals surface area contributed by atoms with E-state index in [4.69, 9.17) is 9.47 Å². The van der Waals surface area contributed by atoms with Crippen molar-refractivity contribution in [3.8, 4) is 0 Å². The van der Waals surface area contributed by atoms with Gasteiger partial charge in [0.25, 0.3) is 11.8 Å². The largest absolute Gasteiger partial charge is 0.465 e. The highest BCUT2D eigenvalue weighted by Gasteiger charge is 2.40. The summed E-state index contributed by atoms with van der Waals surface area (Å²) in [7, 11) is 2.46. The fourth-order valence-electron chi connectivity index (χ4n) is 4.82. The van der Waals surface area contributed by atoms with Crippen LogP contribution in [0.3, 0.4) is 0 Å². The number of ether oxygens (including phenoxy) is 2. The quantitative estimate of drug-likeness (QED) is 0.500. The summed E-state index contributed by atoms with van der Waals surface area (Å²) in [6.45, 7) is 0.135. The average Bonchev–Trinajstić information content (AvgIpc) is 3.13. The van der Waals surface area contributed by atoms with Crippen molar-refractivity contribution >= 4 is 35.3 Å². The molecule has 2 aromatic rings. The molecule has 1 saturated carbocycles. The van der Waals surface area contributed by atoms with Crippen molar-refractivity contribution < 1.29 is 33.4 Å². The van der Waals surface area contributed by atoms with E-state index in [0.717, 1.165) is 12.8 Å². The third kappa shape index (κ3) is 4.66. The molecule has 1 fully saturated rings. The minimum atomic E-state index is -0.664. The first-order chi connectivity index (χ1) is 16.8. The molecule has 9 nitrogen and oxygen atoms in total. The van der Waals surface area contributed by atoms with E-state index in [0.29, 0.717) is 24.0 Å². The number of amides is 3. The van der Waals surface area contributed by atoms with Crippen LogP contribution in [0.15, 0.2) is 42.5 Å². The third-order valence-electron chi connectivity index (χ3n) is 6.64. The Morgan fingerprint density at radius 2 is 1.54 bits per heavy atom. The monoisotopic (exact) mass is 478 g/mol. The van der Waals surface area contributed by atoms with E-state index in [2.05, 4.69) is 5.32 Å². The van der Waals surface area contributed by atoms with Crippen LogP contribution in [0.5, 0.6) is 0 Å². The lowest BCUT2D eigenvalue weighted by Gasteiger charge is -2.33. The standard InChI is InChI=1S/C26H26N2O7/c1-34-25(32)15-11-12-20(26(33)35-2)21(13-15)27-22(29)17-8-4-3-7-16(17)14-28-23(30)18-9-5-6-10-19(18)24(28)31/h5-6,9-13,16-17H,3-4,7-8,14H2,1-2H3,(H,27,29). The average molecular weight is 479 g/mol. The van der Waals surface area contributed by atoms with Crippen LogP contribution in [0, 0.1) is 11.8 Å². The molecule has 2 aliphatic rings. The molecule has 35 heavy (non-hydrogen) atoms. The van der Waals surface area contributed by atoms with Crippen LogP contribution in [0.1, 0.15) is 67.1 Å². The molecular formula is C26H26N2O7. The van der Waals surface area contributed by atoms with Crippen LogP contribution >= 0.6 is 0 Å². The molecule has 2 unspecified atom stereocenters. The summed E-state index contributed by atoms with van der Waals surface area (Å²) >= 11 is 0. The smallest absolute Gasteiger partial charge is 0.339 e. The Kier molecular flexibility index (Phi) is 6.95. The highest BCUT2D eigenvalue weighted by atomic mass is 16.5. The Morgan fingerprint density at radius 3 is 2.17 bits per heavy atom. The molecule has 3 amide bonds. The minimum absolute atomic E-state index is 0.0983. The van der Waals surface area contributed by atoms with E-state index >= 15 is 0 Å². The van der Waals surface area contributed by atoms with Crippen molar-refractivity contribution in [1.29, 1.82) is 0 Å². The fourth-order valence-corrected chi connectivity index (χ4v) is 4.82. The van der Waals surface area contributed by atoms with Crippen molar-refractivity contribution in [2.24, 2.45) is 11.8 Å². The lowest BCUT2D eigenvalue weighted by Crippen LogP contribution is -2.41. The number of nitrogens with zero attached hydrogens (tertiary/aromatic N) is 1. The zero-order valence-corrected chi connectivity index (χ0v) is 19.5. The number of hydrogen-bond acceptors (Lipinski definition) is 7. The van der Waals surface area contributed by atoms with E-state index < -0.39 is 17.9 Å². The molecular weight excluding hydrogens is 452 g/mol. The van der Waals surface area contributed by atoms with E-state index in [1.165, 1.54) is 37.3 Å². The molecule has 2 aromatic carbocycles. The summed E-state index contributed by atoms with van der Waals surface area (Å²) in [4.78, 5) is 64.5. The molecule has 0 saturated heterocycles. The molecule has 2 atom stereocenters. The van der Waals surface area contributed by atoms with E-state index in [-0.39, 0.29) is 47.0 Å². The predicted molar refractivity (Wildman–Crippen MR) is 125 cm³/mol. The number of carbonyl (C=O) groups excluding carboxylic acids is 5. The fraction of sp³-hybridized carbons (Fsp3) is 0.346. The Bertz CT molecular complexity index is 1170. The number of esters is 2. The summed E-state index contributed by atoms with van der Waals surface area (Å²) in [6.07, 6.45) is 2.95. The SMILES string of the molecule is COC(=O)c1ccc(C(=O)OC)c(NC(=O)C2CCCCC2CN2C(=O)c3ccccc3C2=O)c1. The lowest BCUT2D eigenvalue weighted by molar-refractivity contribution is -0.122. The highest BCUT2D eigenvalue weighted by Crippen LogP contribution is 2.34. The zero-order valence-electron chi connectivity index (χ0n) is 19.5. The maximum absolute atomic E-state index is 13.4. The first kappa shape index (κ1) is 24.1. The van der Waals surface area contributed by atoms with Gasteiger partial charge >= 0.3 is 11.9 Å². The number of carbonyl (C=O) groups is 5. The normalized spacial score (nSPS) is 19.2. The van der Waals surface area contributed by atoms with Gasteiger partial charge in [0.05, 0.1) is 42.2 Å². The van der Waals surface area contributed by atoms with E-state index in [1.54, 1.807) is 24.3 Å². The van der Waals surface area contributed by atoms with Gasteiger partial charge in [0.15, 0.2) is 0 Å². The van der Waals surface area contributed by atoms with Crippen LogP contribution < -0.4 is 5.32 Å². The molecule has 1 aliphatic heterocycles. The van der Waals surface area contributed by atoms with Gasteiger partial charge in [-0.25, -0.2) is 9.59 Å². The van der Waals surface area contributed by atoms with E-state index in [9.17, 15) is 24.0 Å². The van der Waals surface area contributed by atoms with Crippen LogP contribution in [0.4, 0.5) is 5.69 Å². The summed E-state index contributed by atoms with van der Waals surface area (Å²) in [6, 6.07) is 10.9. The maximum atomic E-state index is 13.4. The van der Waals surface area contributed by atoms with Gasteiger partial charge in [-0.1, -0.05) is 25.0 Å². The predicted octanol–water partition coefficient (Wildman–Crippen LogP) is 3.30. The Morgan fingerprint density at radius 1 is 0.914 bits per heavy atom. The number of methoxy groups -OCH3 is 2. The lowest BCUT2D eigenvalue weighted by atomic mass is 9.78. The minimum Gasteiger partial charge on any atom is -0.465 e. The molecule has 1 N–H and O–H groups in total. The molecule has 0 bridgehead atoms. The number of imide groups is 1. The van der Waals surface area contributed by atoms with Gasteiger partial charge in [0.2, 0.25) is 5.91 Å². The van der Waals surface area contributed by atoms with Crippen molar-refractivity contribution in [3.05, 3.63) is 64.7 Å². The maximum Gasteiger partial charge on any atom is 0.339 e. The number of benzene rings is 2. The topological polar surface area (TPSA) is 119 Å². The van der Waals surface area contributed by atoms with Crippen LogP contribution in [0.2, 0.25) is 0 Å². The molecule has 9 heteroatoms. The summed E-state index contributed by atoms with van der Waals surface area (Å²) < 4.78 is 9.55. The second-order valence-electron chi connectivity index (χ2n) is 8.65. The van der Waals surface area contributed by atoms with E-state index in [1.807, 2.05) is 0 Å². The highest BCUT2D eigenvalue weighted by molar-refractivity contribution is 6.21.